The van der Waals surface area contributed by atoms with Crippen LogP contribution in [0.4, 0.5) is 0 Å². The van der Waals surface area contributed by atoms with Crippen LogP contribution in [0.25, 0.3) is 0 Å². The van der Waals surface area contributed by atoms with E-state index in [9.17, 15) is 4.79 Å². The van der Waals surface area contributed by atoms with Crippen LogP contribution in [0.3, 0.4) is 0 Å². The standard InChI is InChI=1S/C17H18ClNO2/c1-17(2,16(19)20)21-15-9-5-13(6-10-15)11-12-3-7-14(18)8-4-12/h3-10H,11H2,1-2H3,(H2,19,20). The second-order valence-corrected chi connectivity index (χ2v) is 5.86. The van der Waals surface area contributed by atoms with E-state index in [0.29, 0.717) is 5.75 Å². The highest BCUT2D eigenvalue weighted by Crippen LogP contribution is 2.20. The summed E-state index contributed by atoms with van der Waals surface area (Å²) in [7, 11) is 0. The van der Waals surface area contributed by atoms with Gasteiger partial charge in [0, 0.05) is 5.02 Å². The largest absolute Gasteiger partial charge is 0.478 e. The van der Waals surface area contributed by atoms with Crippen LogP contribution >= 0.6 is 11.6 Å². The first-order valence-corrected chi connectivity index (χ1v) is 7.07. The Hall–Kier alpha value is -2.00. The van der Waals surface area contributed by atoms with E-state index in [1.807, 2.05) is 48.5 Å². The molecule has 1 amide bonds. The van der Waals surface area contributed by atoms with Crippen molar-refractivity contribution in [1.29, 1.82) is 0 Å². The number of hydrogen-bond donors (Lipinski definition) is 1. The van der Waals surface area contributed by atoms with E-state index in [-0.39, 0.29) is 0 Å². The minimum absolute atomic E-state index is 0.493. The molecule has 0 heterocycles. The molecular weight excluding hydrogens is 286 g/mol. The summed E-state index contributed by atoms with van der Waals surface area (Å²) in [5, 5.41) is 0.733. The van der Waals surface area contributed by atoms with Gasteiger partial charge in [0.1, 0.15) is 5.75 Å². The molecule has 0 spiro atoms. The van der Waals surface area contributed by atoms with Crippen molar-refractivity contribution in [2.45, 2.75) is 25.9 Å². The molecule has 3 nitrogen and oxygen atoms in total. The molecule has 2 rings (SSSR count). The van der Waals surface area contributed by atoms with Gasteiger partial charge >= 0.3 is 0 Å². The quantitative estimate of drug-likeness (QED) is 0.918. The summed E-state index contributed by atoms with van der Waals surface area (Å²) in [5.41, 5.74) is 6.61. The normalized spacial score (nSPS) is 11.2. The molecule has 0 aliphatic heterocycles. The van der Waals surface area contributed by atoms with Gasteiger partial charge in [-0.15, -0.1) is 0 Å². The fourth-order valence-electron chi connectivity index (χ4n) is 1.86. The van der Waals surface area contributed by atoms with Crippen molar-refractivity contribution in [3.8, 4) is 5.75 Å². The Kier molecular flexibility index (Phi) is 4.53. The zero-order valence-electron chi connectivity index (χ0n) is 12.1. The molecule has 0 atom stereocenters. The maximum absolute atomic E-state index is 11.2. The highest BCUT2D eigenvalue weighted by molar-refractivity contribution is 6.30. The monoisotopic (exact) mass is 303 g/mol. The zero-order chi connectivity index (χ0) is 15.5. The van der Waals surface area contributed by atoms with E-state index >= 15 is 0 Å². The molecule has 0 unspecified atom stereocenters. The third-order valence-corrected chi connectivity index (χ3v) is 3.46. The molecule has 0 aliphatic rings. The lowest BCUT2D eigenvalue weighted by Crippen LogP contribution is -2.43. The summed E-state index contributed by atoms with van der Waals surface area (Å²) in [6.07, 6.45) is 0.816. The molecule has 2 aromatic carbocycles. The molecule has 0 aliphatic carbocycles. The predicted molar refractivity (Wildman–Crippen MR) is 84.6 cm³/mol. The molecule has 0 fully saturated rings. The number of hydrogen-bond acceptors (Lipinski definition) is 2. The van der Waals surface area contributed by atoms with E-state index in [4.69, 9.17) is 22.1 Å². The number of primary amides is 1. The Labute approximate surface area is 129 Å². The Bertz CT molecular complexity index is 618. The molecular formula is C17H18ClNO2. The van der Waals surface area contributed by atoms with Gasteiger partial charge in [0.25, 0.3) is 5.91 Å². The summed E-state index contributed by atoms with van der Waals surface area (Å²) in [6, 6.07) is 15.4. The first-order valence-electron chi connectivity index (χ1n) is 6.69. The number of carbonyl (C=O) groups is 1. The van der Waals surface area contributed by atoms with E-state index in [1.165, 1.54) is 5.56 Å². The highest BCUT2D eigenvalue weighted by Gasteiger charge is 2.26. The number of carbonyl (C=O) groups excluding carboxylic acids is 1. The summed E-state index contributed by atoms with van der Waals surface area (Å²) in [4.78, 5) is 11.2. The minimum Gasteiger partial charge on any atom is -0.478 e. The highest BCUT2D eigenvalue weighted by atomic mass is 35.5. The van der Waals surface area contributed by atoms with E-state index in [2.05, 4.69) is 0 Å². The van der Waals surface area contributed by atoms with E-state index < -0.39 is 11.5 Å². The van der Waals surface area contributed by atoms with Gasteiger partial charge in [-0.05, 0) is 55.7 Å². The lowest BCUT2D eigenvalue weighted by molar-refractivity contribution is -0.130. The zero-order valence-corrected chi connectivity index (χ0v) is 12.9. The van der Waals surface area contributed by atoms with Crippen LogP contribution in [0.1, 0.15) is 25.0 Å². The molecule has 2 N–H and O–H groups in total. The van der Waals surface area contributed by atoms with Gasteiger partial charge in [0.05, 0.1) is 0 Å². The molecule has 0 aromatic heterocycles. The molecule has 0 radical (unpaired) electrons. The number of halogens is 1. The van der Waals surface area contributed by atoms with Gasteiger partial charge in [0.15, 0.2) is 5.60 Å². The summed E-state index contributed by atoms with van der Waals surface area (Å²) >= 11 is 5.87. The Balaban J connectivity index is 2.05. The molecule has 21 heavy (non-hydrogen) atoms. The third kappa shape index (κ3) is 4.23. The van der Waals surface area contributed by atoms with Gasteiger partial charge in [-0.2, -0.15) is 0 Å². The van der Waals surface area contributed by atoms with Crippen LogP contribution < -0.4 is 10.5 Å². The summed E-state index contributed by atoms with van der Waals surface area (Å²) in [6.45, 7) is 3.30. The SMILES string of the molecule is CC(C)(Oc1ccc(Cc2ccc(Cl)cc2)cc1)C(N)=O. The van der Waals surface area contributed by atoms with Crippen molar-refractivity contribution < 1.29 is 9.53 Å². The van der Waals surface area contributed by atoms with Crippen LogP contribution in [0.15, 0.2) is 48.5 Å². The molecule has 0 saturated carbocycles. The van der Waals surface area contributed by atoms with Crippen molar-refractivity contribution in [2.24, 2.45) is 5.73 Å². The maximum Gasteiger partial charge on any atom is 0.261 e. The second kappa shape index (κ2) is 6.19. The number of nitrogens with two attached hydrogens (primary N) is 1. The second-order valence-electron chi connectivity index (χ2n) is 5.42. The lowest BCUT2D eigenvalue weighted by atomic mass is 10.0. The molecule has 110 valence electrons. The van der Waals surface area contributed by atoms with Crippen LogP contribution in [-0.2, 0) is 11.2 Å². The van der Waals surface area contributed by atoms with Gasteiger partial charge in [-0.3, -0.25) is 4.79 Å². The average molecular weight is 304 g/mol. The Morgan fingerprint density at radius 1 is 1.05 bits per heavy atom. The smallest absolute Gasteiger partial charge is 0.261 e. The van der Waals surface area contributed by atoms with Crippen molar-refractivity contribution in [1.82, 2.24) is 0 Å². The van der Waals surface area contributed by atoms with Gasteiger partial charge in [-0.25, -0.2) is 0 Å². The van der Waals surface area contributed by atoms with Crippen molar-refractivity contribution in [2.75, 3.05) is 0 Å². The molecule has 4 heteroatoms. The van der Waals surface area contributed by atoms with Crippen molar-refractivity contribution in [3.05, 3.63) is 64.7 Å². The first-order chi connectivity index (χ1) is 9.87. The molecule has 0 bridgehead atoms. The number of ether oxygens (including phenoxy) is 1. The fraction of sp³-hybridized carbons (Fsp3) is 0.235. The van der Waals surface area contributed by atoms with E-state index in [1.54, 1.807) is 13.8 Å². The van der Waals surface area contributed by atoms with Crippen LogP contribution in [0, 0.1) is 0 Å². The topological polar surface area (TPSA) is 52.3 Å². The molecule has 2 aromatic rings. The van der Waals surface area contributed by atoms with Crippen LogP contribution in [-0.4, -0.2) is 11.5 Å². The number of benzene rings is 2. The Morgan fingerprint density at radius 3 is 2.00 bits per heavy atom. The maximum atomic E-state index is 11.2. The molecule has 0 saturated heterocycles. The van der Waals surface area contributed by atoms with Crippen molar-refractivity contribution in [3.63, 3.8) is 0 Å². The Morgan fingerprint density at radius 2 is 1.52 bits per heavy atom. The predicted octanol–water partition coefficient (Wildman–Crippen LogP) is 3.57. The van der Waals surface area contributed by atoms with Crippen LogP contribution in [0.2, 0.25) is 5.02 Å². The average Bonchev–Trinajstić information content (AvgIpc) is 2.43. The van der Waals surface area contributed by atoms with Gasteiger partial charge in [-0.1, -0.05) is 35.9 Å². The van der Waals surface area contributed by atoms with Crippen molar-refractivity contribution >= 4 is 17.5 Å². The first kappa shape index (κ1) is 15.4. The third-order valence-electron chi connectivity index (χ3n) is 3.21. The minimum atomic E-state index is -1.02. The number of amides is 1. The summed E-state index contributed by atoms with van der Waals surface area (Å²) < 4.78 is 5.59. The van der Waals surface area contributed by atoms with Crippen LogP contribution in [0.5, 0.6) is 5.75 Å². The van der Waals surface area contributed by atoms with Gasteiger partial charge in [0.2, 0.25) is 0 Å². The summed E-state index contributed by atoms with van der Waals surface area (Å²) in [5.74, 6) is 0.131. The fourth-order valence-corrected chi connectivity index (χ4v) is 1.98. The number of rotatable bonds is 5. The lowest BCUT2D eigenvalue weighted by Gasteiger charge is -2.22. The van der Waals surface area contributed by atoms with E-state index in [0.717, 1.165) is 17.0 Å². The van der Waals surface area contributed by atoms with Gasteiger partial charge < -0.3 is 10.5 Å².